The molecule has 2 N–H and O–H groups in total. The number of hydrogen-bond donors (Lipinski definition) is 1. The van der Waals surface area contributed by atoms with Gasteiger partial charge < -0.3 is 54.2 Å². The maximum atomic E-state index is 11.4. The minimum atomic E-state index is -1.45. The Balaban J connectivity index is 1.69. The number of unbranched alkanes of at least 4 members (excludes halogenated alkanes) is 3. The summed E-state index contributed by atoms with van der Waals surface area (Å²) in [5, 5.41) is 45.5. The van der Waals surface area contributed by atoms with Crippen LogP contribution in [0.4, 0.5) is 0 Å². The summed E-state index contributed by atoms with van der Waals surface area (Å²) in [7, 11) is 0. The predicted octanol–water partition coefficient (Wildman–Crippen LogP) is -1.88. The zero-order valence-corrected chi connectivity index (χ0v) is 28.6. The van der Waals surface area contributed by atoms with E-state index >= 15 is 0 Å². The highest BCUT2D eigenvalue weighted by molar-refractivity contribution is 5.71. The predicted molar refractivity (Wildman–Crippen MR) is 176 cm³/mol. The zero-order valence-electron chi connectivity index (χ0n) is 28.6. The van der Waals surface area contributed by atoms with Crippen molar-refractivity contribution in [1.29, 1.82) is 0 Å². The lowest BCUT2D eigenvalue weighted by Crippen LogP contribution is -2.43. The van der Waals surface area contributed by atoms with Crippen LogP contribution in [0.1, 0.15) is 48.5 Å². The molecule has 0 aliphatic rings. The van der Waals surface area contributed by atoms with Crippen LogP contribution in [0.25, 0.3) is 22.6 Å². The number of aromatic nitrogens is 2. The number of carbonyl (C=O) groups is 4. The maximum Gasteiger partial charge on any atom is 0.133 e. The lowest BCUT2D eigenvalue weighted by Gasteiger charge is -2.25. The van der Waals surface area contributed by atoms with Crippen LogP contribution >= 0.6 is 0 Å². The van der Waals surface area contributed by atoms with E-state index in [1.807, 2.05) is 12.1 Å². The fourth-order valence-electron chi connectivity index (χ4n) is 5.82. The Morgan fingerprint density at radius 1 is 0.558 bits per heavy atom. The van der Waals surface area contributed by atoms with Gasteiger partial charge in [-0.3, -0.25) is 24.7 Å². The van der Waals surface area contributed by atoms with Crippen molar-refractivity contribution in [3.8, 4) is 22.6 Å². The normalized spacial score (nSPS) is 11.5. The number of carboxylic acids is 4. The third kappa shape index (κ3) is 13.4. The van der Waals surface area contributed by atoms with Crippen molar-refractivity contribution in [2.45, 2.75) is 51.9 Å². The Labute approximate surface area is 300 Å². The number of nitrogens with two attached hydrogens (primary N) is 1. The van der Waals surface area contributed by atoms with Gasteiger partial charge in [0.15, 0.2) is 0 Å². The van der Waals surface area contributed by atoms with Crippen LogP contribution in [0.2, 0.25) is 0 Å². The van der Waals surface area contributed by atoms with Gasteiger partial charge in [0.25, 0.3) is 0 Å². The van der Waals surface area contributed by atoms with Gasteiger partial charge in [-0.1, -0.05) is 12.8 Å². The van der Waals surface area contributed by atoms with Crippen LogP contribution in [-0.2, 0) is 45.4 Å². The Hall–Kier alpha value is -5.42. The SMILES string of the molecule is NCCCCCCN(Cc1cc(-c2ccco2)cc(CN(CC(=O)[O-])CC(=O)[O-])n1)Cc1cc(-c2ccco2)cc(CN(CC(=O)[O-])CC(=O)[O-])n1. The summed E-state index contributed by atoms with van der Waals surface area (Å²) in [6, 6.07) is 14.0. The fraction of sp³-hybridized carbons (Fsp3) is 0.389. The molecule has 4 rings (SSSR count). The van der Waals surface area contributed by atoms with Crippen molar-refractivity contribution in [2.24, 2.45) is 5.73 Å². The van der Waals surface area contributed by atoms with E-state index in [1.54, 1.807) is 36.4 Å². The fourth-order valence-corrected chi connectivity index (χ4v) is 5.82. The van der Waals surface area contributed by atoms with Crippen LogP contribution in [0, 0.1) is 0 Å². The van der Waals surface area contributed by atoms with Crippen molar-refractivity contribution in [3.05, 3.63) is 83.8 Å². The van der Waals surface area contributed by atoms with Crippen molar-refractivity contribution in [1.82, 2.24) is 24.7 Å². The first-order chi connectivity index (χ1) is 25.0. The molecular weight excluding hydrogens is 676 g/mol. The van der Waals surface area contributed by atoms with E-state index in [0.717, 1.165) is 35.5 Å². The number of carboxylic acid groups (broad SMARTS) is 4. The molecule has 0 radical (unpaired) electrons. The number of pyridine rings is 2. The van der Waals surface area contributed by atoms with Gasteiger partial charge in [0.1, 0.15) is 11.5 Å². The standard InChI is InChI=1S/C36H44N6O10/c37-9-3-1-2-4-10-40(17-27-13-25(31-7-5-11-51-31)15-29(38-27)19-41(21-33(43)44)22-34(45)46)18-28-14-26(32-8-6-12-52-32)16-30(39-28)20-42(23-35(47)48)24-36(49)50/h5-8,11-16H,1-4,9-10,17-24,37H2,(H,43,44)(H,45,46)(H,47,48)(H,49,50)/p-4. The van der Waals surface area contributed by atoms with E-state index in [1.165, 1.54) is 12.5 Å². The first kappa shape index (κ1) is 39.4. The quantitative estimate of drug-likeness (QED) is 0.0779. The van der Waals surface area contributed by atoms with Crippen LogP contribution in [0.3, 0.4) is 0 Å². The van der Waals surface area contributed by atoms with Gasteiger partial charge in [-0.2, -0.15) is 0 Å². The Morgan fingerprint density at radius 2 is 0.923 bits per heavy atom. The summed E-state index contributed by atoms with van der Waals surface area (Å²) in [5.74, 6) is -4.74. The van der Waals surface area contributed by atoms with Crippen LogP contribution in [-0.4, -0.2) is 87.8 Å². The molecule has 16 nitrogen and oxygen atoms in total. The Kier molecular flexibility index (Phi) is 15.0. The topological polar surface area (TPSA) is 248 Å². The molecule has 16 heteroatoms. The molecule has 0 aromatic carbocycles. The number of aliphatic carboxylic acids is 4. The zero-order chi connectivity index (χ0) is 37.5. The Morgan fingerprint density at radius 3 is 1.25 bits per heavy atom. The molecule has 4 aromatic rings. The van der Waals surface area contributed by atoms with Gasteiger partial charge in [-0.25, -0.2) is 0 Å². The van der Waals surface area contributed by atoms with E-state index in [-0.39, 0.29) is 13.1 Å². The number of nitrogens with zero attached hydrogens (tertiary/aromatic N) is 5. The van der Waals surface area contributed by atoms with Gasteiger partial charge in [-0.15, -0.1) is 0 Å². The number of hydrogen-bond acceptors (Lipinski definition) is 16. The summed E-state index contributed by atoms with van der Waals surface area (Å²) < 4.78 is 11.3. The molecule has 0 saturated carbocycles. The van der Waals surface area contributed by atoms with Crippen molar-refractivity contribution < 1.29 is 48.4 Å². The van der Waals surface area contributed by atoms with E-state index < -0.39 is 50.1 Å². The second kappa shape index (κ2) is 19.8. The molecule has 0 bridgehead atoms. The average molecular weight is 717 g/mol. The molecule has 0 saturated heterocycles. The first-order valence-electron chi connectivity index (χ1n) is 16.7. The van der Waals surface area contributed by atoms with E-state index in [0.29, 0.717) is 71.6 Å². The van der Waals surface area contributed by atoms with Gasteiger partial charge >= 0.3 is 0 Å². The molecule has 4 heterocycles. The monoisotopic (exact) mass is 716 g/mol. The molecule has 0 aliphatic heterocycles. The highest BCUT2D eigenvalue weighted by Crippen LogP contribution is 2.25. The molecule has 278 valence electrons. The Bertz CT molecular complexity index is 1610. The van der Waals surface area contributed by atoms with Crippen LogP contribution in [0.15, 0.2) is 69.9 Å². The molecule has 0 aliphatic carbocycles. The third-order valence-corrected chi connectivity index (χ3v) is 7.86. The molecule has 0 atom stereocenters. The first-order valence-corrected chi connectivity index (χ1v) is 16.7. The van der Waals surface area contributed by atoms with Gasteiger partial charge in [0.05, 0.1) is 59.2 Å². The number of furan rings is 2. The van der Waals surface area contributed by atoms with Crippen LogP contribution in [0.5, 0.6) is 0 Å². The number of rotatable bonds is 24. The summed E-state index contributed by atoms with van der Waals surface area (Å²) in [6.45, 7) is -1.03. The summed E-state index contributed by atoms with van der Waals surface area (Å²) >= 11 is 0. The summed E-state index contributed by atoms with van der Waals surface area (Å²) in [5.41, 5.74) is 8.96. The van der Waals surface area contributed by atoms with Crippen molar-refractivity contribution in [2.75, 3.05) is 39.3 Å². The molecule has 4 aromatic heterocycles. The van der Waals surface area contributed by atoms with Gasteiger partial charge in [0, 0.05) is 63.5 Å². The van der Waals surface area contributed by atoms with E-state index in [2.05, 4.69) is 4.90 Å². The largest absolute Gasteiger partial charge is 0.549 e. The van der Waals surface area contributed by atoms with Gasteiger partial charge in [-0.05, 0) is 74.5 Å². The van der Waals surface area contributed by atoms with E-state index in [9.17, 15) is 39.6 Å². The minimum absolute atomic E-state index is 0.118. The number of carbonyl (C=O) groups excluding carboxylic acids is 4. The van der Waals surface area contributed by atoms with E-state index in [4.69, 9.17) is 24.5 Å². The minimum Gasteiger partial charge on any atom is -0.549 e. The highest BCUT2D eigenvalue weighted by Gasteiger charge is 2.18. The second-order valence-electron chi connectivity index (χ2n) is 12.3. The van der Waals surface area contributed by atoms with Crippen molar-refractivity contribution >= 4 is 23.9 Å². The molecule has 0 amide bonds. The van der Waals surface area contributed by atoms with Crippen molar-refractivity contribution in [3.63, 3.8) is 0 Å². The summed E-state index contributed by atoms with van der Waals surface area (Å²) in [6.07, 6.45) is 6.57. The average Bonchev–Trinajstić information content (AvgIpc) is 3.79. The smallest absolute Gasteiger partial charge is 0.133 e. The molecule has 0 spiro atoms. The highest BCUT2D eigenvalue weighted by atomic mass is 16.4. The molecule has 0 unspecified atom stereocenters. The van der Waals surface area contributed by atoms with Crippen LogP contribution < -0.4 is 26.2 Å². The second-order valence-corrected chi connectivity index (χ2v) is 12.3. The maximum absolute atomic E-state index is 11.4. The molecule has 52 heavy (non-hydrogen) atoms. The summed E-state index contributed by atoms with van der Waals surface area (Å²) in [4.78, 5) is 59.5. The molecular formula is C36H40N6O10-4. The van der Waals surface area contributed by atoms with Gasteiger partial charge in [0.2, 0.25) is 0 Å². The lowest BCUT2D eigenvalue weighted by molar-refractivity contribution is -0.313. The third-order valence-electron chi connectivity index (χ3n) is 7.86. The lowest BCUT2D eigenvalue weighted by atomic mass is 10.1. The molecule has 0 fully saturated rings.